The van der Waals surface area contributed by atoms with Gasteiger partial charge in [-0.3, -0.25) is 9.69 Å². The maximum Gasteiger partial charge on any atom is 0.408 e. The van der Waals surface area contributed by atoms with Crippen LogP contribution in [-0.2, 0) is 9.59 Å². The third-order valence-electron chi connectivity index (χ3n) is 3.13. The Balaban J connectivity index is 3.03. The largest absolute Gasteiger partial charge is 0.481 e. The molecular weight excluding hydrogens is 244 g/mol. The zero-order valence-electron chi connectivity index (χ0n) is 9.37. The Morgan fingerprint density at radius 3 is 2.28 bits per heavy atom. The summed E-state index contributed by atoms with van der Waals surface area (Å²) >= 11 is 0. The van der Waals surface area contributed by atoms with E-state index in [-0.39, 0.29) is 19.3 Å². The Bertz CT molecular complexity index is 405. The Kier molecular flexibility index (Phi) is 3.76. The van der Waals surface area contributed by atoms with Gasteiger partial charge in [-0.2, -0.15) is 5.26 Å². The summed E-state index contributed by atoms with van der Waals surface area (Å²) < 4.78 is 0. The lowest BCUT2D eigenvalue weighted by Crippen LogP contribution is -2.40. The molecule has 98 valence electrons. The SMILES string of the molecule is N#CCC[C@@]1(C(=O)O)C[C@@H](C(=O)O)N(C(=O)O)C1. The highest BCUT2D eigenvalue weighted by atomic mass is 16.4. The van der Waals surface area contributed by atoms with E-state index in [4.69, 9.17) is 20.6 Å². The number of hydrogen-bond acceptors (Lipinski definition) is 4. The van der Waals surface area contributed by atoms with Crippen LogP contribution in [0.15, 0.2) is 0 Å². The van der Waals surface area contributed by atoms with Crippen molar-refractivity contribution < 1.29 is 29.7 Å². The molecule has 0 bridgehead atoms. The lowest BCUT2D eigenvalue weighted by atomic mass is 9.81. The Labute approximate surface area is 102 Å². The van der Waals surface area contributed by atoms with Gasteiger partial charge in [0.15, 0.2) is 0 Å². The van der Waals surface area contributed by atoms with Crippen molar-refractivity contribution in [2.24, 2.45) is 5.41 Å². The van der Waals surface area contributed by atoms with Crippen LogP contribution in [0.2, 0.25) is 0 Å². The Hall–Kier alpha value is -2.30. The summed E-state index contributed by atoms with van der Waals surface area (Å²) in [5.41, 5.74) is -1.49. The van der Waals surface area contributed by atoms with Gasteiger partial charge in [-0.15, -0.1) is 0 Å². The van der Waals surface area contributed by atoms with Gasteiger partial charge in [0.25, 0.3) is 0 Å². The van der Waals surface area contributed by atoms with Gasteiger partial charge < -0.3 is 15.3 Å². The molecule has 1 amide bonds. The molecule has 0 aliphatic carbocycles. The minimum atomic E-state index is -1.49. The molecule has 8 heteroatoms. The van der Waals surface area contributed by atoms with Gasteiger partial charge in [0, 0.05) is 13.0 Å². The molecule has 0 radical (unpaired) electrons. The number of carbonyl (C=O) groups is 3. The zero-order chi connectivity index (χ0) is 13.9. The van der Waals surface area contributed by atoms with E-state index in [1.165, 1.54) is 0 Å². The van der Waals surface area contributed by atoms with Crippen LogP contribution >= 0.6 is 0 Å². The van der Waals surface area contributed by atoms with Crippen LogP contribution in [0.4, 0.5) is 4.79 Å². The van der Waals surface area contributed by atoms with Gasteiger partial charge in [-0.25, -0.2) is 9.59 Å². The number of likely N-dealkylation sites (tertiary alicyclic amines) is 1. The number of carboxylic acids is 2. The van der Waals surface area contributed by atoms with Crippen molar-refractivity contribution in [3.05, 3.63) is 0 Å². The molecule has 3 N–H and O–H groups in total. The van der Waals surface area contributed by atoms with Crippen molar-refractivity contribution in [2.75, 3.05) is 6.54 Å². The molecule has 8 nitrogen and oxygen atoms in total. The number of nitrogens with zero attached hydrogens (tertiary/aromatic N) is 2. The predicted molar refractivity (Wildman–Crippen MR) is 55.7 cm³/mol. The molecule has 0 spiro atoms. The molecule has 18 heavy (non-hydrogen) atoms. The minimum Gasteiger partial charge on any atom is -0.481 e. The molecular formula is C10H12N2O6. The highest BCUT2D eigenvalue weighted by molar-refractivity contribution is 5.84. The second-order valence-corrected chi connectivity index (χ2v) is 4.21. The molecule has 0 aromatic heterocycles. The number of hydrogen-bond donors (Lipinski definition) is 3. The molecule has 0 aromatic carbocycles. The first-order valence-corrected chi connectivity index (χ1v) is 5.17. The van der Waals surface area contributed by atoms with E-state index in [1.54, 1.807) is 6.07 Å². The van der Waals surface area contributed by atoms with Crippen molar-refractivity contribution >= 4 is 18.0 Å². The van der Waals surface area contributed by atoms with Crippen molar-refractivity contribution in [1.29, 1.82) is 5.26 Å². The van der Waals surface area contributed by atoms with Crippen molar-refractivity contribution in [3.8, 4) is 6.07 Å². The second kappa shape index (κ2) is 4.91. The number of rotatable bonds is 4. The van der Waals surface area contributed by atoms with Crippen molar-refractivity contribution in [2.45, 2.75) is 25.3 Å². The lowest BCUT2D eigenvalue weighted by molar-refractivity contribution is -0.148. The van der Waals surface area contributed by atoms with E-state index in [1.807, 2.05) is 0 Å². The first-order chi connectivity index (χ1) is 8.34. The maximum absolute atomic E-state index is 11.2. The van der Waals surface area contributed by atoms with Gasteiger partial charge in [0.2, 0.25) is 0 Å². The van der Waals surface area contributed by atoms with Gasteiger partial charge in [0.05, 0.1) is 11.5 Å². The normalized spacial score (nSPS) is 26.6. The van der Waals surface area contributed by atoms with E-state index >= 15 is 0 Å². The van der Waals surface area contributed by atoms with E-state index in [0.717, 1.165) is 0 Å². The highest BCUT2D eigenvalue weighted by Gasteiger charge is 2.53. The molecule has 0 unspecified atom stereocenters. The first kappa shape index (κ1) is 13.8. The molecule has 0 aromatic rings. The number of nitriles is 1. The minimum absolute atomic E-state index is 0.0631. The number of aliphatic carboxylic acids is 2. The van der Waals surface area contributed by atoms with Crippen LogP contribution in [0, 0.1) is 16.7 Å². The fourth-order valence-electron chi connectivity index (χ4n) is 2.14. The Morgan fingerprint density at radius 1 is 1.33 bits per heavy atom. The Morgan fingerprint density at radius 2 is 1.94 bits per heavy atom. The predicted octanol–water partition coefficient (Wildman–Crippen LogP) is 0.198. The van der Waals surface area contributed by atoms with Gasteiger partial charge in [0.1, 0.15) is 6.04 Å². The average Bonchev–Trinajstić information content (AvgIpc) is 2.68. The van der Waals surface area contributed by atoms with Gasteiger partial charge in [-0.05, 0) is 12.8 Å². The summed E-state index contributed by atoms with van der Waals surface area (Å²) in [5.74, 6) is -2.65. The molecule has 0 saturated carbocycles. The summed E-state index contributed by atoms with van der Waals surface area (Å²) in [6, 6.07) is 0.408. The van der Waals surface area contributed by atoms with Crippen LogP contribution in [-0.4, -0.2) is 50.8 Å². The van der Waals surface area contributed by atoms with Gasteiger partial charge in [-0.1, -0.05) is 0 Å². The van der Waals surface area contributed by atoms with E-state index in [9.17, 15) is 14.4 Å². The monoisotopic (exact) mass is 256 g/mol. The van der Waals surface area contributed by atoms with Crippen LogP contribution in [0.3, 0.4) is 0 Å². The fraction of sp³-hybridized carbons (Fsp3) is 0.600. The van der Waals surface area contributed by atoms with Crippen LogP contribution in [0.5, 0.6) is 0 Å². The highest BCUT2D eigenvalue weighted by Crippen LogP contribution is 2.39. The maximum atomic E-state index is 11.2. The van der Waals surface area contributed by atoms with Crippen molar-refractivity contribution in [3.63, 3.8) is 0 Å². The summed E-state index contributed by atoms with van der Waals surface area (Å²) in [5, 5.41) is 35.4. The number of carboxylic acid groups (broad SMARTS) is 3. The van der Waals surface area contributed by atoms with Crippen LogP contribution in [0.25, 0.3) is 0 Å². The summed E-state index contributed by atoms with van der Waals surface area (Å²) in [4.78, 5) is 33.7. The third-order valence-corrected chi connectivity index (χ3v) is 3.13. The quantitative estimate of drug-likeness (QED) is 0.652. The molecule has 1 rings (SSSR count). The zero-order valence-corrected chi connectivity index (χ0v) is 9.37. The summed E-state index contributed by atoms with van der Waals surface area (Å²) in [6.45, 7) is -0.406. The summed E-state index contributed by atoms with van der Waals surface area (Å²) in [6.07, 6.45) is -1.91. The second-order valence-electron chi connectivity index (χ2n) is 4.21. The van der Waals surface area contributed by atoms with E-state index < -0.39 is 36.0 Å². The van der Waals surface area contributed by atoms with Gasteiger partial charge >= 0.3 is 18.0 Å². The van der Waals surface area contributed by atoms with E-state index in [2.05, 4.69) is 0 Å². The molecule has 1 fully saturated rings. The fourth-order valence-corrected chi connectivity index (χ4v) is 2.14. The average molecular weight is 256 g/mol. The van der Waals surface area contributed by atoms with Crippen LogP contribution in [0.1, 0.15) is 19.3 Å². The molecule has 1 saturated heterocycles. The number of amides is 1. The smallest absolute Gasteiger partial charge is 0.408 e. The molecule has 1 aliphatic heterocycles. The summed E-state index contributed by atoms with van der Waals surface area (Å²) in [7, 11) is 0. The van der Waals surface area contributed by atoms with Crippen LogP contribution < -0.4 is 0 Å². The first-order valence-electron chi connectivity index (χ1n) is 5.17. The van der Waals surface area contributed by atoms with E-state index in [0.29, 0.717) is 4.90 Å². The topological polar surface area (TPSA) is 139 Å². The third kappa shape index (κ3) is 2.34. The lowest BCUT2D eigenvalue weighted by Gasteiger charge is -2.22. The molecule has 1 heterocycles. The molecule has 2 atom stereocenters. The molecule has 1 aliphatic rings. The van der Waals surface area contributed by atoms with Crippen molar-refractivity contribution in [1.82, 2.24) is 4.90 Å². The standard InChI is InChI=1S/C10H12N2O6/c11-3-1-2-10(8(15)16)4-6(7(13)14)12(5-10)9(17)18/h6H,1-2,4-5H2,(H,13,14)(H,15,16)(H,17,18)/t6-,10+/m0/s1.